The van der Waals surface area contributed by atoms with Crippen LogP contribution in [0.25, 0.3) is 0 Å². The molecule has 0 spiro atoms. The minimum Gasteiger partial charge on any atom is -0.497 e. The van der Waals surface area contributed by atoms with Gasteiger partial charge in [-0.3, -0.25) is 4.90 Å². The molecule has 8 nitrogen and oxygen atoms in total. The van der Waals surface area contributed by atoms with Gasteiger partial charge in [-0.15, -0.1) is 0 Å². The van der Waals surface area contributed by atoms with E-state index >= 15 is 0 Å². The number of amides is 1. The first kappa shape index (κ1) is 25.1. The first-order valence-corrected chi connectivity index (χ1v) is 11.0. The molecule has 0 bridgehead atoms. The number of halogens is 1. The van der Waals surface area contributed by atoms with Crippen LogP contribution in [0.2, 0.25) is 0 Å². The Morgan fingerprint density at radius 2 is 1.85 bits per heavy atom. The van der Waals surface area contributed by atoms with Crippen LogP contribution in [0.4, 0.5) is 9.18 Å². The molecule has 0 saturated heterocycles. The lowest BCUT2D eigenvalue weighted by molar-refractivity contribution is -0.147. The van der Waals surface area contributed by atoms with Crippen molar-refractivity contribution in [3.8, 4) is 17.2 Å². The van der Waals surface area contributed by atoms with Gasteiger partial charge in [0.05, 0.1) is 27.9 Å². The van der Waals surface area contributed by atoms with Crippen molar-refractivity contribution in [1.29, 1.82) is 0 Å². The van der Waals surface area contributed by atoms with Crippen LogP contribution in [-0.4, -0.2) is 51.4 Å². The zero-order valence-electron chi connectivity index (χ0n) is 20.1. The molecular weight excluding hydrogens is 445 g/mol. The van der Waals surface area contributed by atoms with Crippen LogP contribution in [0.15, 0.2) is 30.3 Å². The molecule has 1 aliphatic rings. The molecule has 1 atom stereocenters. The molecular formula is C25H30FNO7. The standard InChI is InChI=1S/C25H30FNO7/c1-15(2)13-34-25(29)27-9-8-16-10-18(6-7-20(16)23(27)24(28)32-5)33-14-17-11-19(30-3)12-21(31-4)22(17)26/h6-7,10-12,15,23H,8-9,13-14H2,1-5H3. The first-order valence-electron chi connectivity index (χ1n) is 11.0. The van der Waals surface area contributed by atoms with Crippen LogP contribution in [0.3, 0.4) is 0 Å². The Morgan fingerprint density at radius 1 is 1.09 bits per heavy atom. The molecule has 0 saturated carbocycles. The second-order valence-electron chi connectivity index (χ2n) is 8.29. The van der Waals surface area contributed by atoms with E-state index in [0.29, 0.717) is 23.5 Å². The van der Waals surface area contributed by atoms with Gasteiger partial charge in [-0.25, -0.2) is 14.0 Å². The van der Waals surface area contributed by atoms with Crippen molar-refractivity contribution >= 4 is 12.1 Å². The molecule has 9 heteroatoms. The second kappa shape index (κ2) is 11.1. The zero-order chi connectivity index (χ0) is 24.8. The summed E-state index contributed by atoms with van der Waals surface area (Å²) in [7, 11) is 4.15. The Morgan fingerprint density at radius 3 is 2.50 bits per heavy atom. The van der Waals surface area contributed by atoms with E-state index in [1.807, 2.05) is 13.8 Å². The van der Waals surface area contributed by atoms with Gasteiger partial charge in [-0.2, -0.15) is 0 Å². The molecule has 3 rings (SSSR count). The Hall–Kier alpha value is -3.49. The maximum absolute atomic E-state index is 14.6. The quantitative estimate of drug-likeness (QED) is 0.527. The second-order valence-corrected chi connectivity index (χ2v) is 8.29. The van der Waals surface area contributed by atoms with Crippen molar-refractivity contribution < 1.29 is 37.7 Å². The molecule has 1 amide bonds. The molecule has 1 aliphatic heterocycles. The molecule has 34 heavy (non-hydrogen) atoms. The van der Waals surface area contributed by atoms with Gasteiger partial charge in [-0.05, 0) is 41.7 Å². The highest BCUT2D eigenvalue weighted by atomic mass is 19.1. The van der Waals surface area contributed by atoms with Gasteiger partial charge in [0.25, 0.3) is 0 Å². The highest BCUT2D eigenvalue weighted by Crippen LogP contribution is 2.34. The molecule has 0 aromatic heterocycles. The summed E-state index contributed by atoms with van der Waals surface area (Å²) >= 11 is 0. The SMILES string of the molecule is COC(=O)C1c2ccc(OCc3cc(OC)cc(OC)c3F)cc2CCN1C(=O)OCC(C)C. The molecule has 0 N–H and O–H groups in total. The van der Waals surface area contributed by atoms with E-state index in [-0.39, 0.29) is 37.0 Å². The summed E-state index contributed by atoms with van der Waals surface area (Å²) < 4.78 is 41.0. The van der Waals surface area contributed by atoms with Crippen LogP contribution in [0.1, 0.15) is 36.6 Å². The molecule has 184 valence electrons. The molecule has 0 aliphatic carbocycles. The number of methoxy groups -OCH3 is 3. The number of esters is 1. The van der Waals surface area contributed by atoms with Gasteiger partial charge in [-0.1, -0.05) is 19.9 Å². The highest BCUT2D eigenvalue weighted by molar-refractivity contribution is 5.84. The third kappa shape index (κ3) is 5.52. The van der Waals surface area contributed by atoms with Gasteiger partial charge >= 0.3 is 12.1 Å². The van der Waals surface area contributed by atoms with Crippen molar-refractivity contribution in [2.45, 2.75) is 32.9 Å². The van der Waals surface area contributed by atoms with Crippen molar-refractivity contribution in [2.75, 3.05) is 34.5 Å². The van der Waals surface area contributed by atoms with E-state index in [1.165, 1.54) is 32.3 Å². The van der Waals surface area contributed by atoms with E-state index in [4.69, 9.17) is 23.7 Å². The normalized spacial score (nSPS) is 14.9. The third-order valence-electron chi connectivity index (χ3n) is 5.48. The van der Waals surface area contributed by atoms with Gasteiger partial charge in [0.2, 0.25) is 0 Å². The van der Waals surface area contributed by atoms with Crippen molar-refractivity contribution in [3.63, 3.8) is 0 Å². The van der Waals surface area contributed by atoms with E-state index in [2.05, 4.69) is 0 Å². The minimum atomic E-state index is -0.914. The van der Waals surface area contributed by atoms with Crippen LogP contribution in [0, 0.1) is 11.7 Å². The highest BCUT2D eigenvalue weighted by Gasteiger charge is 2.38. The summed E-state index contributed by atoms with van der Waals surface area (Å²) in [5, 5.41) is 0. The number of nitrogens with zero attached hydrogens (tertiary/aromatic N) is 1. The lowest BCUT2D eigenvalue weighted by atomic mass is 9.92. The van der Waals surface area contributed by atoms with Crippen LogP contribution in [-0.2, 0) is 27.3 Å². The Labute approximate surface area is 198 Å². The molecule has 2 aromatic rings. The van der Waals surface area contributed by atoms with Gasteiger partial charge in [0.1, 0.15) is 18.1 Å². The predicted octanol–water partition coefficient (Wildman–Crippen LogP) is 4.29. The van der Waals surface area contributed by atoms with Gasteiger partial charge in [0, 0.05) is 18.2 Å². The number of carbonyl (C=O) groups is 2. The average molecular weight is 476 g/mol. The average Bonchev–Trinajstić information content (AvgIpc) is 2.85. The van der Waals surface area contributed by atoms with Crippen molar-refractivity contribution in [3.05, 3.63) is 52.8 Å². The Kier molecular flexibility index (Phi) is 8.20. The molecule has 0 fully saturated rings. The number of fused-ring (bicyclic) bond motifs is 1. The summed E-state index contributed by atoms with van der Waals surface area (Å²) in [6.07, 6.45) is -0.0597. The van der Waals surface area contributed by atoms with E-state index < -0.39 is 23.9 Å². The van der Waals surface area contributed by atoms with Crippen LogP contribution < -0.4 is 14.2 Å². The molecule has 1 unspecified atom stereocenters. The number of hydrogen-bond acceptors (Lipinski definition) is 7. The molecule has 1 heterocycles. The number of benzene rings is 2. The number of ether oxygens (including phenoxy) is 5. The summed E-state index contributed by atoms with van der Waals surface area (Å²) in [6.45, 7) is 4.37. The minimum absolute atomic E-state index is 0.0493. The summed E-state index contributed by atoms with van der Waals surface area (Å²) in [4.78, 5) is 26.6. The summed E-state index contributed by atoms with van der Waals surface area (Å²) in [5.74, 6) is 0.108. The molecule has 2 aromatic carbocycles. The first-order chi connectivity index (χ1) is 16.3. The lowest BCUT2D eigenvalue weighted by Gasteiger charge is -2.35. The smallest absolute Gasteiger partial charge is 0.410 e. The maximum Gasteiger partial charge on any atom is 0.410 e. The van der Waals surface area contributed by atoms with E-state index in [1.54, 1.807) is 24.3 Å². The number of carbonyl (C=O) groups excluding carboxylic acids is 2. The third-order valence-corrected chi connectivity index (χ3v) is 5.48. The number of rotatable bonds is 8. The topological polar surface area (TPSA) is 83.5 Å². The zero-order valence-corrected chi connectivity index (χ0v) is 20.1. The van der Waals surface area contributed by atoms with Crippen molar-refractivity contribution in [2.24, 2.45) is 5.92 Å². The van der Waals surface area contributed by atoms with Crippen molar-refractivity contribution in [1.82, 2.24) is 4.90 Å². The van der Waals surface area contributed by atoms with Gasteiger partial charge in [0.15, 0.2) is 17.6 Å². The fourth-order valence-corrected chi connectivity index (χ4v) is 3.74. The summed E-state index contributed by atoms with van der Waals surface area (Å²) in [6, 6.07) is 7.27. The fourth-order valence-electron chi connectivity index (χ4n) is 3.74. The maximum atomic E-state index is 14.6. The van der Waals surface area contributed by atoms with E-state index in [9.17, 15) is 14.0 Å². The largest absolute Gasteiger partial charge is 0.497 e. The van der Waals surface area contributed by atoms with Gasteiger partial charge < -0.3 is 23.7 Å². The monoisotopic (exact) mass is 475 g/mol. The predicted molar refractivity (Wildman–Crippen MR) is 122 cm³/mol. The Bertz CT molecular complexity index is 1040. The van der Waals surface area contributed by atoms with Crippen LogP contribution >= 0.6 is 0 Å². The van der Waals surface area contributed by atoms with Crippen LogP contribution in [0.5, 0.6) is 17.2 Å². The van der Waals surface area contributed by atoms with E-state index in [0.717, 1.165) is 5.56 Å². The Balaban J connectivity index is 1.81. The number of hydrogen-bond donors (Lipinski definition) is 0. The lowest BCUT2D eigenvalue weighted by Crippen LogP contribution is -2.44. The molecule has 0 radical (unpaired) electrons. The fraction of sp³-hybridized carbons (Fsp3) is 0.440. The summed E-state index contributed by atoms with van der Waals surface area (Å²) in [5.41, 5.74) is 1.76.